The first-order valence-electron chi connectivity index (χ1n) is 6.10. The number of nitrogens with two attached hydrogens (primary N) is 1. The van der Waals surface area contributed by atoms with E-state index in [-0.39, 0.29) is 12.1 Å². The van der Waals surface area contributed by atoms with Crippen LogP contribution >= 0.6 is 28.1 Å². The van der Waals surface area contributed by atoms with Gasteiger partial charge in [0.05, 0.1) is 5.56 Å². The van der Waals surface area contributed by atoms with E-state index >= 15 is 0 Å². The summed E-state index contributed by atoms with van der Waals surface area (Å²) >= 11 is 8.07. The van der Waals surface area contributed by atoms with E-state index in [1.807, 2.05) is 6.07 Å². The summed E-state index contributed by atoms with van der Waals surface area (Å²) < 4.78 is 14.1. The van der Waals surface area contributed by atoms with Gasteiger partial charge in [0.2, 0.25) is 0 Å². The van der Waals surface area contributed by atoms with E-state index < -0.39 is 11.7 Å². The highest BCUT2D eigenvalue weighted by Gasteiger charge is 2.14. The summed E-state index contributed by atoms with van der Waals surface area (Å²) in [7, 11) is 0. The Bertz CT molecular complexity index is 686. The summed E-state index contributed by atoms with van der Waals surface area (Å²) in [5.41, 5.74) is 7.11. The number of amides is 1. The first-order chi connectivity index (χ1) is 9.99. The third-order valence-corrected chi connectivity index (χ3v) is 3.75. The average molecular weight is 367 g/mol. The number of rotatable bonds is 4. The van der Waals surface area contributed by atoms with Gasteiger partial charge >= 0.3 is 0 Å². The smallest absolute Gasteiger partial charge is 0.255 e. The Labute approximate surface area is 135 Å². The molecular weight excluding hydrogens is 355 g/mol. The van der Waals surface area contributed by atoms with Gasteiger partial charge in [-0.2, -0.15) is 0 Å². The van der Waals surface area contributed by atoms with Crippen LogP contribution in [0.1, 0.15) is 21.5 Å². The van der Waals surface area contributed by atoms with Crippen molar-refractivity contribution in [1.82, 2.24) is 5.32 Å². The van der Waals surface area contributed by atoms with E-state index in [4.69, 9.17) is 18.0 Å². The molecule has 0 spiro atoms. The lowest BCUT2D eigenvalue weighted by Crippen LogP contribution is -2.24. The molecule has 0 atom stereocenters. The molecule has 6 heteroatoms. The zero-order chi connectivity index (χ0) is 15.4. The average Bonchev–Trinajstić information content (AvgIpc) is 2.45. The van der Waals surface area contributed by atoms with Gasteiger partial charge in [-0.05, 0) is 39.7 Å². The van der Waals surface area contributed by atoms with Gasteiger partial charge in [-0.3, -0.25) is 4.79 Å². The number of halogens is 2. The third-order valence-electron chi connectivity index (χ3n) is 2.85. The van der Waals surface area contributed by atoms with E-state index in [1.165, 1.54) is 12.1 Å². The molecule has 0 fully saturated rings. The largest absolute Gasteiger partial charge is 0.389 e. The van der Waals surface area contributed by atoms with Crippen molar-refractivity contribution >= 4 is 39.0 Å². The predicted molar refractivity (Wildman–Crippen MR) is 87.6 cm³/mol. The maximum absolute atomic E-state index is 13.7. The van der Waals surface area contributed by atoms with Crippen molar-refractivity contribution < 1.29 is 9.18 Å². The second-order valence-corrected chi connectivity index (χ2v) is 5.64. The van der Waals surface area contributed by atoms with Crippen LogP contribution in [0.5, 0.6) is 0 Å². The Morgan fingerprint density at radius 1 is 1.29 bits per heavy atom. The zero-order valence-electron chi connectivity index (χ0n) is 10.9. The van der Waals surface area contributed by atoms with Crippen LogP contribution in [0, 0.1) is 5.82 Å². The molecule has 2 rings (SSSR count). The quantitative estimate of drug-likeness (QED) is 0.817. The molecule has 0 heterocycles. The molecular formula is C15H12BrFN2OS. The summed E-state index contributed by atoms with van der Waals surface area (Å²) in [5, 5.41) is 2.67. The topological polar surface area (TPSA) is 55.1 Å². The summed E-state index contributed by atoms with van der Waals surface area (Å²) in [5.74, 6) is -1.06. The number of nitrogens with one attached hydrogen (secondary N) is 1. The third kappa shape index (κ3) is 3.86. The molecule has 0 bridgehead atoms. The van der Waals surface area contributed by atoms with Crippen molar-refractivity contribution in [3.8, 4) is 0 Å². The van der Waals surface area contributed by atoms with E-state index in [0.717, 1.165) is 11.1 Å². The molecule has 0 saturated carbocycles. The normalized spacial score (nSPS) is 10.2. The van der Waals surface area contributed by atoms with Crippen molar-refractivity contribution in [2.75, 3.05) is 0 Å². The Balaban J connectivity index is 2.11. The minimum atomic E-state index is -0.571. The van der Waals surface area contributed by atoms with Gasteiger partial charge in [-0.25, -0.2) is 4.39 Å². The Hall–Kier alpha value is -1.79. The highest BCUT2D eigenvalue weighted by Crippen LogP contribution is 2.19. The van der Waals surface area contributed by atoms with Gasteiger partial charge in [0.25, 0.3) is 5.91 Å². The molecule has 1 amide bonds. The molecule has 3 nitrogen and oxygen atoms in total. The van der Waals surface area contributed by atoms with Gasteiger partial charge in [0, 0.05) is 16.6 Å². The van der Waals surface area contributed by atoms with Crippen LogP contribution in [0.15, 0.2) is 46.9 Å². The molecule has 2 aromatic rings. The fraction of sp³-hybridized carbons (Fsp3) is 0.0667. The minimum absolute atomic E-state index is 0.0111. The van der Waals surface area contributed by atoms with Crippen molar-refractivity contribution in [3.05, 3.63) is 69.4 Å². The second kappa shape index (κ2) is 6.78. The maximum atomic E-state index is 13.7. The zero-order valence-corrected chi connectivity index (χ0v) is 13.3. The number of hydrogen-bond acceptors (Lipinski definition) is 2. The van der Waals surface area contributed by atoms with E-state index in [2.05, 4.69) is 21.2 Å². The standard InChI is InChI=1S/C15H12BrFN2OS/c16-11-5-2-6-12(17)13(11)15(20)19-8-9-3-1-4-10(7-9)14(18)21/h1-7H,8H2,(H2,18,21)(H,19,20). The van der Waals surface area contributed by atoms with Crippen molar-refractivity contribution in [3.63, 3.8) is 0 Å². The van der Waals surface area contributed by atoms with Crippen LogP contribution in [0.2, 0.25) is 0 Å². The van der Waals surface area contributed by atoms with E-state index in [0.29, 0.717) is 9.46 Å². The SMILES string of the molecule is NC(=S)c1cccc(CNC(=O)c2c(F)cccc2Br)c1. The lowest BCUT2D eigenvalue weighted by molar-refractivity contribution is 0.0946. The molecule has 2 aromatic carbocycles. The lowest BCUT2D eigenvalue weighted by atomic mass is 10.1. The molecule has 108 valence electrons. The lowest BCUT2D eigenvalue weighted by Gasteiger charge is -2.09. The Morgan fingerprint density at radius 3 is 2.67 bits per heavy atom. The fourth-order valence-electron chi connectivity index (χ4n) is 1.82. The molecule has 21 heavy (non-hydrogen) atoms. The second-order valence-electron chi connectivity index (χ2n) is 4.34. The van der Waals surface area contributed by atoms with Crippen LogP contribution in [-0.4, -0.2) is 10.9 Å². The molecule has 0 aliphatic carbocycles. The molecule has 3 N–H and O–H groups in total. The Kier molecular flexibility index (Phi) is 5.03. The van der Waals surface area contributed by atoms with Gasteiger partial charge in [0.1, 0.15) is 10.8 Å². The van der Waals surface area contributed by atoms with Crippen LogP contribution in [-0.2, 0) is 6.54 Å². The van der Waals surface area contributed by atoms with Crippen LogP contribution < -0.4 is 11.1 Å². The highest BCUT2D eigenvalue weighted by atomic mass is 79.9. The van der Waals surface area contributed by atoms with Gasteiger partial charge < -0.3 is 11.1 Å². The minimum Gasteiger partial charge on any atom is -0.389 e. The Morgan fingerprint density at radius 2 is 2.00 bits per heavy atom. The van der Waals surface area contributed by atoms with Crippen molar-refractivity contribution in [2.24, 2.45) is 5.73 Å². The van der Waals surface area contributed by atoms with Crippen molar-refractivity contribution in [1.29, 1.82) is 0 Å². The van der Waals surface area contributed by atoms with E-state index in [9.17, 15) is 9.18 Å². The molecule has 0 aliphatic rings. The number of benzene rings is 2. The summed E-state index contributed by atoms with van der Waals surface area (Å²) in [6, 6.07) is 11.6. The van der Waals surface area contributed by atoms with Crippen LogP contribution in [0.3, 0.4) is 0 Å². The number of carbonyl (C=O) groups is 1. The van der Waals surface area contributed by atoms with Crippen molar-refractivity contribution in [2.45, 2.75) is 6.54 Å². The monoisotopic (exact) mass is 366 g/mol. The van der Waals surface area contributed by atoms with E-state index in [1.54, 1.807) is 24.3 Å². The maximum Gasteiger partial charge on any atom is 0.255 e. The van der Waals surface area contributed by atoms with Crippen LogP contribution in [0.25, 0.3) is 0 Å². The summed E-state index contributed by atoms with van der Waals surface area (Å²) in [6.45, 7) is 0.260. The van der Waals surface area contributed by atoms with Gasteiger partial charge in [-0.15, -0.1) is 0 Å². The molecule has 0 radical (unpaired) electrons. The van der Waals surface area contributed by atoms with Gasteiger partial charge in [0.15, 0.2) is 0 Å². The molecule has 0 aliphatic heterocycles. The van der Waals surface area contributed by atoms with Gasteiger partial charge in [-0.1, -0.05) is 36.5 Å². The first kappa shape index (κ1) is 15.6. The molecule has 0 unspecified atom stereocenters. The fourth-order valence-corrected chi connectivity index (χ4v) is 2.47. The highest BCUT2D eigenvalue weighted by molar-refractivity contribution is 9.10. The summed E-state index contributed by atoms with van der Waals surface area (Å²) in [6.07, 6.45) is 0. The predicted octanol–water partition coefficient (Wildman–Crippen LogP) is 3.15. The molecule has 0 aromatic heterocycles. The summed E-state index contributed by atoms with van der Waals surface area (Å²) in [4.78, 5) is 12.3. The number of carbonyl (C=O) groups excluding carboxylic acids is 1. The number of thiocarbonyl (C=S) groups is 1. The first-order valence-corrected chi connectivity index (χ1v) is 7.30. The number of hydrogen-bond donors (Lipinski definition) is 2. The molecule has 0 saturated heterocycles. The van der Waals surface area contributed by atoms with Crippen LogP contribution in [0.4, 0.5) is 4.39 Å².